The number of ether oxygens (including phenoxy) is 1. The van der Waals surface area contributed by atoms with E-state index in [0.29, 0.717) is 0 Å². The van der Waals surface area contributed by atoms with E-state index in [4.69, 9.17) is 0 Å². The predicted molar refractivity (Wildman–Crippen MR) is 27.1 cm³/mol. The molecule has 0 unspecified atom stereocenters. The predicted octanol–water partition coefficient (Wildman–Crippen LogP) is 1.75. The van der Waals surface area contributed by atoms with Crippen molar-refractivity contribution in [2.45, 2.75) is 6.11 Å². The van der Waals surface area contributed by atoms with E-state index in [1.165, 1.54) is 0 Å². The molecule has 0 heterocycles. The molecule has 0 bridgehead atoms. The Kier molecular flexibility index (Phi) is 3.30. The quantitative estimate of drug-likeness (QED) is 0.540. The Morgan fingerprint density at radius 2 is 2.11 bits per heavy atom. The summed E-state index contributed by atoms with van der Waals surface area (Å²) >= 11 is 0. The first-order valence-electron chi connectivity index (χ1n) is 2.31. The number of alkyl halides is 3. The zero-order valence-corrected chi connectivity index (χ0v) is 4.74. The topological polar surface area (TPSA) is 9.23 Å². The summed E-state index contributed by atoms with van der Waals surface area (Å²) in [6.07, 6.45) is -2.52. The molecule has 0 saturated heterocycles. The standard InChI is InChI=1S/C5H7F3O/c1-2-3-9-5(7,8)4-6/h2H,1,3-4H2. The largest absolute Gasteiger partial charge is 0.384 e. The van der Waals surface area contributed by atoms with Gasteiger partial charge < -0.3 is 4.74 Å². The van der Waals surface area contributed by atoms with Gasteiger partial charge in [0, 0.05) is 0 Å². The lowest BCUT2D eigenvalue weighted by atomic mass is 10.6. The molecule has 0 saturated carbocycles. The highest BCUT2D eigenvalue weighted by Gasteiger charge is 2.28. The maximum atomic E-state index is 11.7. The maximum Gasteiger partial charge on any atom is 0.384 e. The number of halogens is 3. The van der Waals surface area contributed by atoms with Crippen LogP contribution in [0.1, 0.15) is 0 Å². The molecule has 0 radical (unpaired) electrons. The fourth-order valence-corrected chi connectivity index (χ4v) is 0.219. The van der Waals surface area contributed by atoms with Crippen LogP contribution in [0.4, 0.5) is 13.2 Å². The zero-order valence-electron chi connectivity index (χ0n) is 4.74. The molecule has 0 atom stereocenters. The van der Waals surface area contributed by atoms with Crippen LogP contribution in [0.15, 0.2) is 12.7 Å². The summed E-state index contributed by atoms with van der Waals surface area (Å²) < 4.78 is 38.3. The van der Waals surface area contributed by atoms with Crippen LogP contribution in [0.5, 0.6) is 0 Å². The Morgan fingerprint density at radius 3 is 2.44 bits per heavy atom. The summed E-state index contributed by atoms with van der Waals surface area (Å²) in [7, 11) is 0. The smallest absolute Gasteiger partial charge is 0.314 e. The Labute approximate surface area is 51.1 Å². The van der Waals surface area contributed by atoms with Crippen LogP contribution in [0, 0.1) is 0 Å². The van der Waals surface area contributed by atoms with E-state index in [2.05, 4.69) is 11.3 Å². The van der Waals surface area contributed by atoms with Gasteiger partial charge in [-0.05, 0) is 0 Å². The third-order valence-electron chi connectivity index (χ3n) is 0.568. The fraction of sp³-hybridized carbons (Fsp3) is 0.600. The summed E-state index contributed by atoms with van der Waals surface area (Å²) in [5, 5.41) is 0. The van der Waals surface area contributed by atoms with E-state index in [1.54, 1.807) is 0 Å². The summed E-state index contributed by atoms with van der Waals surface area (Å²) in [4.78, 5) is 0. The Balaban J connectivity index is 3.44. The van der Waals surface area contributed by atoms with Gasteiger partial charge in [0.15, 0.2) is 6.67 Å². The fourth-order valence-electron chi connectivity index (χ4n) is 0.219. The van der Waals surface area contributed by atoms with Gasteiger partial charge in [0.1, 0.15) is 0 Å². The lowest BCUT2D eigenvalue weighted by molar-refractivity contribution is -0.239. The molecular formula is C5H7F3O. The van der Waals surface area contributed by atoms with Crippen LogP contribution < -0.4 is 0 Å². The van der Waals surface area contributed by atoms with Crippen molar-refractivity contribution in [2.24, 2.45) is 0 Å². The van der Waals surface area contributed by atoms with Crippen molar-refractivity contribution in [3.63, 3.8) is 0 Å². The Morgan fingerprint density at radius 1 is 1.56 bits per heavy atom. The molecule has 54 valence electrons. The van der Waals surface area contributed by atoms with Crippen molar-refractivity contribution in [2.75, 3.05) is 13.3 Å². The second kappa shape index (κ2) is 3.50. The van der Waals surface area contributed by atoms with Gasteiger partial charge >= 0.3 is 6.11 Å². The van der Waals surface area contributed by atoms with Gasteiger partial charge in [-0.3, -0.25) is 0 Å². The van der Waals surface area contributed by atoms with Crippen molar-refractivity contribution in [3.8, 4) is 0 Å². The summed E-state index contributed by atoms with van der Waals surface area (Å²) in [6, 6.07) is 0. The monoisotopic (exact) mass is 140 g/mol. The van der Waals surface area contributed by atoms with Gasteiger partial charge in [-0.15, -0.1) is 6.58 Å². The highest BCUT2D eigenvalue weighted by Crippen LogP contribution is 2.14. The van der Waals surface area contributed by atoms with E-state index in [-0.39, 0.29) is 6.61 Å². The molecule has 0 aliphatic heterocycles. The average Bonchev–Trinajstić information content (AvgIpc) is 1.84. The zero-order chi connectivity index (χ0) is 7.33. The molecule has 0 aromatic rings. The molecule has 4 heteroatoms. The van der Waals surface area contributed by atoms with Gasteiger partial charge in [0.25, 0.3) is 0 Å². The second-order valence-electron chi connectivity index (χ2n) is 1.37. The van der Waals surface area contributed by atoms with Crippen molar-refractivity contribution in [1.29, 1.82) is 0 Å². The minimum absolute atomic E-state index is 0.336. The van der Waals surface area contributed by atoms with E-state index in [0.717, 1.165) is 6.08 Å². The van der Waals surface area contributed by atoms with E-state index >= 15 is 0 Å². The van der Waals surface area contributed by atoms with Crippen molar-refractivity contribution in [3.05, 3.63) is 12.7 Å². The van der Waals surface area contributed by atoms with Crippen LogP contribution >= 0.6 is 0 Å². The molecular weight excluding hydrogens is 133 g/mol. The first-order chi connectivity index (χ1) is 4.12. The highest BCUT2D eigenvalue weighted by atomic mass is 19.3. The van der Waals surface area contributed by atoms with Gasteiger partial charge in [-0.1, -0.05) is 6.08 Å². The normalized spacial score (nSPS) is 11.4. The third kappa shape index (κ3) is 4.02. The van der Waals surface area contributed by atoms with Crippen LogP contribution in [0.25, 0.3) is 0 Å². The van der Waals surface area contributed by atoms with Crippen LogP contribution in [-0.4, -0.2) is 19.4 Å². The average molecular weight is 140 g/mol. The Hall–Kier alpha value is -0.510. The molecule has 0 spiro atoms. The SMILES string of the molecule is C=CCOC(F)(F)CF. The molecule has 0 aromatic carbocycles. The van der Waals surface area contributed by atoms with Crippen molar-refractivity contribution >= 4 is 0 Å². The van der Waals surface area contributed by atoms with Gasteiger partial charge in [-0.2, -0.15) is 8.78 Å². The molecule has 0 fully saturated rings. The molecule has 0 aliphatic carbocycles. The van der Waals surface area contributed by atoms with E-state index in [1.807, 2.05) is 0 Å². The lowest BCUT2D eigenvalue weighted by Gasteiger charge is -2.09. The summed E-state index contributed by atoms with van der Waals surface area (Å²) in [5.74, 6) is 0. The number of hydrogen-bond donors (Lipinski definition) is 0. The summed E-state index contributed by atoms with van der Waals surface area (Å²) in [6.45, 7) is 0.990. The first-order valence-corrected chi connectivity index (χ1v) is 2.31. The van der Waals surface area contributed by atoms with E-state index < -0.39 is 12.8 Å². The summed E-state index contributed by atoms with van der Waals surface area (Å²) in [5.41, 5.74) is 0. The first kappa shape index (κ1) is 8.49. The lowest BCUT2D eigenvalue weighted by Crippen LogP contribution is -2.23. The Bertz CT molecular complexity index is 92.2. The molecule has 0 aromatic heterocycles. The highest BCUT2D eigenvalue weighted by molar-refractivity contribution is 4.65. The third-order valence-corrected chi connectivity index (χ3v) is 0.568. The van der Waals surface area contributed by atoms with E-state index in [9.17, 15) is 13.2 Å². The van der Waals surface area contributed by atoms with Gasteiger partial charge in [-0.25, -0.2) is 4.39 Å². The molecule has 0 amide bonds. The molecule has 9 heavy (non-hydrogen) atoms. The van der Waals surface area contributed by atoms with Crippen LogP contribution in [-0.2, 0) is 4.74 Å². The van der Waals surface area contributed by atoms with Gasteiger partial charge in [0.2, 0.25) is 0 Å². The van der Waals surface area contributed by atoms with Crippen molar-refractivity contribution in [1.82, 2.24) is 0 Å². The second-order valence-corrected chi connectivity index (χ2v) is 1.37. The van der Waals surface area contributed by atoms with Crippen LogP contribution in [0.2, 0.25) is 0 Å². The molecule has 0 rings (SSSR count). The molecule has 0 aliphatic rings. The number of rotatable bonds is 4. The van der Waals surface area contributed by atoms with Gasteiger partial charge in [0.05, 0.1) is 6.61 Å². The van der Waals surface area contributed by atoms with Crippen molar-refractivity contribution < 1.29 is 17.9 Å². The molecule has 0 N–H and O–H groups in total. The molecule has 1 nitrogen and oxygen atoms in total. The maximum absolute atomic E-state index is 11.7. The number of hydrogen-bond acceptors (Lipinski definition) is 1. The minimum Gasteiger partial charge on any atom is -0.314 e. The van der Waals surface area contributed by atoms with Crippen LogP contribution in [0.3, 0.4) is 0 Å². The minimum atomic E-state index is -3.64.